The second kappa shape index (κ2) is 6.05. The zero-order chi connectivity index (χ0) is 14.5. The Morgan fingerprint density at radius 2 is 2.00 bits per heavy atom. The average Bonchev–Trinajstić information content (AvgIpc) is 2.31. The van der Waals surface area contributed by atoms with Gasteiger partial charge in [-0.3, -0.25) is 5.32 Å². The van der Waals surface area contributed by atoms with E-state index in [1.165, 1.54) is 12.4 Å². The van der Waals surface area contributed by atoms with Crippen molar-refractivity contribution in [1.82, 2.24) is 10.0 Å². The second-order valence-electron chi connectivity index (χ2n) is 5.28. The van der Waals surface area contributed by atoms with Crippen molar-refractivity contribution < 1.29 is 5.21 Å². The third-order valence-corrected chi connectivity index (χ3v) is 2.77. The summed E-state index contributed by atoms with van der Waals surface area (Å²) >= 11 is 0. The minimum absolute atomic E-state index is 0.0112. The van der Waals surface area contributed by atoms with Gasteiger partial charge in [0.15, 0.2) is 6.19 Å². The lowest BCUT2D eigenvalue weighted by molar-refractivity contribution is 0.184. The molecule has 0 saturated heterocycles. The van der Waals surface area contributed by atoms with E-state index in [0.717, 1.165) is 4.73 Å². The van der Waals surface area contributed by atoms with Crippen molar-refractivity contribution in [3.63, 3.8) is 0 Å². The molecule has 0 aromatic carbocycles. The molecule has 6 heteroatoms. The fraction of sp³-hybridized carbons (Fsp3) is 0.462. The van der Waals surface area contributed by atoms with Crippen LogP contribution in [-0.4, -0.2) is 21.9 Å². The third-order valence-electron chi connectivity index (χ3n) is 2.77. The highest BCUT2D eigenvalue weighted by Gasteiger charge is 2.19. The first-order valence-electron chi connectivity index (χ1n) is 5.98. The summed E-state index contributed by atoms with van der Waals surface area (Å²) in [6.45, 7) is 8.19. The maximum absolute atomic E-state index is 9.12. The Morgan fingerprint density at radius 3 is 2.47 bits per heavy atom. The molecule has 0 aliphatic heterocycles. The molecule has 6 nitrogen and oxygen atoms in total. The summed E-state index contributed by atoms with van der Waals surface area (Å²) in [4.78, 5) is 8.64. The number of hydrogen-bond donors (Lipinski definition) is 2. The SMILES string of the molecule is CC(N=C(N=c1ccn(O)cc1)NC#N)C(C)(C)C. The van der Waals surface area contributed by atoms with Gasteiger partial charge >= 0.3 is 0 Å². The van der Waals surface area contributed by atoms with Gasteiger partial charge in [0, 0.05) is 12.4 Å². The first kappa shape index (κ1) is 14.8. The highest BCUT2D eigenvalue weighted by atomic mass is 16.5. The number of hydrogen-bond acceptors (Lipinski definition) is 3. The van der Waals surface area contributed by atoms with Gasteiger partial charge in [-0.2, -0.15) is 5.26 Å². The van der Waals surface area contributed by atoms with Crippen LogP contribution in [0.4, 0.5) is 0 Å². The molecule has 102 valence electrons. The Balaban J connectivity index is 3.09. The molecule has 1 rings (SSSR count). The van der Waals surface area contributed by atoms with Crippen LogP contribution in [0, 0.1) is 16.9 Å². The van der Waals surface area contributed by atoms with Crippen LogP contribution in [0.15, 0.2) is 34.5 Å². The molecule has 0 spiro atoms. The number of nitriles is 1. The average molecular weight is 261 g/mol. The van der Waals surface area contributed by atoms with Crippen LogP contribution < -0.4 is 10.7 Å². The number of nitrogens with one attached hydrogen (secondary N) is 1. The number of rotatable bonds is 1. The number of guanidine groups is 1. The molecule has 0 saturated carbocycles. The molecule has 0 bridgehead atoms. The Morgan fingerprint density at radius 1 is 1.42 bits per heavy atom. The summed E-state index contributed by atoms with van der Waals surface area (Å²) in [7, 11) is 0. The van der Waals surface area contributed by atoms with Gasteiger partial charge in [0.25, 0.3) is 0 Å². The lowest BCUT2D eigenvalue weighted by atomic mass is 9.89. The van der Waals surface area contributed by atoms with E-state index in [1.54, 1.807) is 12.1 Å². The zero-order valence-corrected chi connectivity index (χ0v) is 11.6. The summed E-state index contributed by atoms with van der Waals surface area (Å²) in [5.41, 5.74) is -0.0112. The van der Waals surface area contributed by atoms with Gasteiger partial charge in [0.1, 0.15) is 0 Å². The van der Waals surface area contributed by atoms with E-state index < -0.39 is 0 Å². The van der Waals surface area contributed by atoms with E-state index in [-0.39, 0.29) is 17.4 Å². The second-order valence-corrected chi connectivity index (χ2v) is 5.28. The highest BCUT2D eigenvalue weighted by molar-refractivity contribution is 5.82. The van der Waals surface area contributed by atoms with Crippen molar-refractivity contribution in [3.8, 4) is 6.19 Å². The van der Waals surface area contributed by atoms with E-state index >= 15 is 0 Å². The Bertz CT molecular complexity index is 539. The predicted molar refractivity (Wildman–Crippen MR) is 72.3 cm³/mol. The van der Waals surface area contributed by atoms with E-state index in [9.17, 15) is 0 Å². The van der Waals surface area contributed by atoms with Gasteiger partial charge in [-0.15, -0.1) is 0 Å². The molecule has 2 N–H and O–H groups in total. The van der Waals surface area contributed by atoms with Crippen LogP contribution in [-0.2, 0) is 0 Å². The molecular formula is C13H19N5O. The summed E-state index contributed by atoms with van der Waals surface area (Å²) < 4.78 is 0.922. The first-order chi connectivity index (χ1) is 8.82. The molecule has 0 amide bonds. The summed E-state index contributed by atoms with van der Waals surface area (Å²) in [5.74, 6) is 0.264. The monoisotopic (exact) mass is 261 g/mol. The number of pyridine rings is 1. The molecule has 0 aliphatic carbocycles. The van der Waals surface area contributed by atoms with Crippen LogP contribution in [0.1, 0.15) is 27.7 Å². The lowest BCUT2D eigenvalue weighted by Gasteiger charge is -2.23. The first-order valence-corrected chi connectivity index (χ1v) is 5.98. The van der Waals surface area contributed by atoms with Crippen LogP contribution in [0.2, 0.25) is 0 Å². The molecule has 1 atom stereocenters. The van der Waals surface area contributed by atoms with Crippen LogP contribution in [0.5, 0.6) is 0 Å². The number of aromatic nitrogens is 1. The van der Waals surface area contributed by atoms with Crippen molar-refractivity contribution in [2.75, 3.05) is 0 Å². The molecule has 0 radical (unpaired) electrons. The predicted octanol–water partition coefficient (Wildman–Crippen LogP) is 1.49. The maximum atomic E-state index is 9.12. The summed E-state index contributed by atoms with van der Waals surface area (Å²) in [6, 6.07) is 3.26. The van der Waals surface area contributed by atoms with Crippen LogP contribution in [0.3, 0.4) is 0 Å². The largest absolute Gasteiger partial charge is 0.429 e. The Kier molecular flexibility index (Phi) is 4.70. The van der Waals surface area contributed by atoms with Gasteiger partial charge in [-0.1, -0.05) is 20.8 Å². The Labute approximate surface area is 112 Å². The fourth-order valence-corrected chi connectivity index (χ4v) is 1.12. The molecule has 0 fully saturated rings. The van der Waals surface area contributed by atoms with Gasteiger partial charge < -0.3 is 5.21 Å². The number of nitrogens with zero attached hydrogens (tertiary/aromatic N) is 4. The summed E-state index contributed by atoms with van der Waals surface area (Å²) in [5, 5.41) is 20.9. The maximum Gasteiger partial charge on any atom is 0.232 e. The quantitative estimate of drug-likeness (QED) is 0.264. The minimum atomic E-state index is -0.0112. The molecule has 1 heterocycles. The molecular weight excluding hydrogens is 242 g/mol. The molecule has 19 heavy (non-hydrogen) atoms. The molecule has 1 unspecified atom stereocenters. The zero-order valence-electron chi connectivity index (χ0n) is 11.6. The van der Waals surface area contributed by atoms with E-state index in [4.69, 9.17) is 10.5 Å². The van der Waals surface area contributed by atoms with Crippen molar-refractivity contribution in [3.05, 3.63) is 29.9 Å². The van der Waals surface area contributed by atoms with Crippen LogP contribution >= 0.6 is 0 Å². The standard InChI is InChI=1S/C13H19N5O/c1-10(13(2,3)4)16-12(15-9-14)17-11-5-7-18(19)8-6-11/h5-8,10,19H,1-4H3,(H,15,16). The minimum Gasteiger partial charge on any atom is -0.429 e. The van der Waals surface area contributed by atoms with Crippen molar-refractivity contribution in [2.24, 2.45) is 15.4 Å². The Hall–Kier alpha value is -2.29. The topological polar surface area (TPSA) is 85.7 Å². The fourth-order valence-electron chi connectivity index (χ4n) is 1.12. The van der Waals surface area contributed by atoms with E-state index in [1.807, 2.05) is 13.1 Å². The number of aliphatic imine (C=N–C) groups is 1. The molecule has 1 aromatic heterocycles. The van der Waals surface area contributed by atoms with Crippen molar-refractivity contribution in [1.29, 1.82) is 5.26 Å². The smallest absolute Gasteiger partial charge is 0.232 e. The van der Waals surface area contributed by atoms with Crippen molar-refractivity contribution >= 4 is 5.96 Å². The summed E-state index contributed by atoms with van der Waals surface area (Å²) in [6.07, 6.45) is 4.74. The van der Waals surface area contributed by atoms with E-state index in [0.29, 0.717) is 5.36 Å². The van der Waals surface area contributed by atoms with Gasteiger partial charge in [-0.25, -0.2) is 14.7 Å². The lowest BCUT2D eigenvalue weighted by Crippen LogP contribution is -2.27. The van der Waals surface area contributed by atoms with Gasteiger partial charge in [-0.05, 0) is 24.5 Å². The highest BCUT2D eigenvalue weighted by Crippen LogP contribution is 2.21. The normalized spacial score (nSPS) is 13.5. The third kappa shape index (κ3) is 4.84. The van der Waals surface area contributed by atoms with Crippen molar-refractivity contribution in [2.45, 2.75) is 33.7 Å². The van der Waals surface area contributed by atoms with Gasteiger partial charge in [0.2, 0.25) is 5.96 Å². The van der Waals surface area contributed by atoms with Gasteiger partial charge in [0.05, 0.1) is 11.4 Å². The molecule has 0 aliphatic rings. The van der Waals surface area contributed by atoms with Crippen LogP contribution in [0.25, 0.3) is 0 Å². The molecule has 1 aromatic rings. The van der Waals surface area contributed by atoms with E-state index in [2.05, 4.69) is 36.1 Å².